The number of rotatable bonds is 4. The molecule has 2 unspecified atom stereocenters. The maximum atomic E-state index is 3.60. The van der Waals surface area contributed by atoms with Crippen molar-refractivity contribution in [3.8, 4) is 0 Å². The van der Waals surface area contributed by atoms with Crippen molar-refractivity contribution in [2.45, 2.75) is 52.4 Å². The molecule has 0 aliphatic heterocycles. The molecule has 0 saturated heterocycles. The zero-order valence-electron chi connectivity index (χ0n) is 12.1. The lowest BCUT2D eigenvalue weighted by Crippen LogP contribution is -2.20. The predicted octanol–water partition coefficient (Wildman–Crippen LogP) is 5.05. The lowest BCUT2D eigenvalue weighted by molar-refractivity contribution is 0.293. The Bertz CT molecular complexity index is 352. The average Bonchev–Trinajstić information content (AvgIpc) is 2.37. The van der Waals surface area contributed by atoms with E-state index in [1.54, 1.807) is 0 Å². The van der Waals surface area contributed by atoms with Crippen molar-refractivity contribution in [2.24, 2.45) is 11.8 Å². The van der Waals surface area contributed by atoms with E-state index in [1.807, 2.05) is 0 Å². The molecule has 1 N–H and O–H groups in total. The van der Waals surface area contributed by atoms with Gasteiger partial charge in [-0.05, 0) is 48.3 Å². The van der Waals surface area contributed by atoms with Crippen molar-refractivity contribution in [2.75, 3.05) is 11.9 Å². The molecule has 1 aliphatic carbocycles. The molecule has 18 heavy (non-hydrogen) atoms. The van der Waals surface area contributed by atoms with Crippen LogP contribution < -0.4 is 5.32 Å². The van der Waals surface area contributed by atoms with Crippen LogP contribution in [0, 0.1) is 11.8 Å². The van der Waals surface area contributed by atoms with Crippen LogP contribution in [0.4, 0.5) is 5.69 Å². The minimum absolute atomic E-state index is 0.623. The summed E-state index contributed by atoms with van der Waals surface area (Å²) >= 11 is 0. The molecular formula is C17H27N. The largest absolute Gasteiger partial charge is 0.385 e. The molecule has 1 fully saturated rings. The summed E-state index contributed by atoms with van der Waals surface area (Å²) in [7, 11) is 0. The summed E-state index contributed by atoms with van der Waals surface area (Å²) in [4.78, 5) is 0. The molecule has 1 aliphatic rings. The highest BCUT2D eigenvalue weighted by molar-refractivity contribution is 5.45. The van der Waals surface area contributed by atoms with Gasteiger partial charge in [0.1, 0.15) is 0 Å². The fraction of sp³-hybridized carbons (Fsp3) is 0.647. The van der Waals surface area contributed by atoms with Gasteiger partial charge >= 0.3 is 0 Å². The molecule has 0 heterocycles. The third kappa shape index (κ3) is 3.76. The molecule has 0 radical (unpaired) electrons. The Morgan fingerprint density at radius 1 is 1.17 bits per heavy atom. The van der Waals surface area contributed by atoms with Crippen molar-refractivity contribution in [3.63, 3.8) is 0 Å². The fourth-order valence-corrected chi connectivity index (χ4v) is 2.99. The van der Waals surface area contributed by atoms with Gasteiger partial charge < -0.3 is 5.32 Å². The highest BCUT2D eigenvalue weighted by Gasteiger charge is 2.18. The Labute approximate surface area is 112 Å². The van der Waals surface area contributed by atoms with E-state index >= 15 is 0 Å². The molecule has 0 bridgehead atoms. The maximum absolute atomic E-state index is 3.60. The Balaban J connectivity index is 1.82. The van der Waals surface area contributed by atoms with E-state index < -0.39 is 0 Å². The quantitative estimate of drug-likeness (QED) is 0.783. The van der Waals surface area contributed by atoms with Gasteiger partial charge in [0.2, 0.25) is 0 Å². The van der Waals surface area contributed by atoms with Crippen LogP contribution in [0.2, 0.25) is 0 Å². The second-order valence-corrected chi connectivity index (χ2v) is 6.30. The van der Waals surface area contributed by atoms with Crippen LogP contribution in [-0.2, 0) is 0 Å². The van der Waals surface area contributed by atoms with Gasteiger partial charge in [0, 0.05) is 12.2 Å². The molecule has 2 rings (SSSR count). The van der Waals surface area contributed by atoms with Crippen LogP contribution in [0.5, 0.6) is 0 Å². The van der Waals surface area contributed by atoms with E-state index in [0.717, 1.165) is 18.4 Å². The van der Waals surface area contributed by atoms with Gasteiger partial charge in [-0.3, -0.25) is 0 Å². The van der Waals surface area contributed by atoms with Crippen LogP contribution in [0.3, 0.4) is 0 Å². The van der Waals surface area contributed by atoms with Gasteiger partial charge in [0.05, 0.1) is 0 Å². The summed E-state index contributed by atoms with van der Waals surface area (Å²) in [5.74, 6) is 2.42. The van der Waals surface area contributed by atoms with E-state index in [1.165, 1.54) is 36.9 Å². The zero-order chi connectivity index (χ0) is 13.0. The van der Waals surface area contributed by atoms with Crippen molar-refractivity contribution in [1.82, 2.24) is 0 Å². The molecule has 0 amide bonds. The van der Waals surface area contributed by atoms with E-state index in [2.05, 4.69) is 50.4 Å². The number of hydrogen-bond acceptors (Lipinski definition) is 1. The van der Waals surface area contributed by atoms with Crippen molar-refractivity contribution < 1.29 is 0 Å². The first kappa shape index (κ1) is 13.5. The molecule has 1 nitrogen and oxygen atoms in total. The fourth-order valence-electron chi connectivity index (χ4n) is 2.99. The van der Waals surface area contributed by atoms with Crippen LogP contribution in [0.25, 0.3) is 0 Å². The van der Waals surface area contributed by atoms with Gasteiger partial charge in [-0.2, -0.15) is 0 Å². The van der Waals surface area contributed by atoms with Crippen LogP contribution >= 0.6 is 0 Å². The van der Waals surface area contributed by atoms with Gasteiger partial charge in [-0.1, -0.05) is 45.7 Å². The van der Waals surface area contributed by atoms with E-state index in [-0.39, 0.29) is 0 Å². The first-order chi connectivity index (χ1) is 8.65. The van der Waals surface area contributed by atoms with E-state index in [0.29, 0.717) is 5.92 Å². The molecule has 0 spiro atoms. The van der Waals surface area contributed by atoms with Gasteiger partial charge in [-0.15, -0.1) is 0 Å². The van der Waals surface area contributed by atoms with Crippen LogP contribution in [-0.4, -0.2) is 6.54 Å². The molecular weight excluding hydrogens is 218 g/mol. The number of anilines is 1. The Morgan fingerprint density at radius 2 is 1.89 bits per heavy atom. The molecule has 1 saturated carbocycles. The molecule has 1 aromatic carbocycles. The second kappa shape index (κ2) is 6.26. The Hall–Kier alpha value is -0.980. The Kier molecular flexibility index (Phi) is 4.68. The first-order valence-electron chi connectivity index (χ1n) is 7.49. The average molecular weight is 245 g/mol. The minimum Gasteiger partial charge on any atom is -0.385 e. The predicted molar refractivity (Wildman–Crippen MR) is 80.1 cm³/mol. The molecule has 1 heteroatoms. The topological polar surface area (TPSA) is 12.0 Å². The minimum atomic E-state index is 0.623. The smallest absolute Gasteiger partial charge is 0.0340 e. The van der Waals surface area contributed by atoms with Crippen molar-refractivity contribution >= 4 is 5.69 Å². The van der Waals surface area contributed by atoms with Crippen LogP contribution in [0.1, 0.15) is 57.9 Å². The third-order valence-corrected chi connectivity index (χ3v) is 4.22. The van der Waals surface area contributed by atoms with Gasteiger partial charge in [0.25, 0.3) is 0 Å². The molecule has 0 aromatic heterocycles. The number of nitrogens with one attached hydrogen (secondary N) is 1. The van der Waals surface area contributed by atoms with Crippen LogP contribution in [0.15, 0.2) is 24.3 Å². The lowest BCUT2D eigenvalue weighted by atomic mass is 9.82. The number of hydrogen-bond donors (Lipinski definition) is 1. The third-order valence-electron chi connectivity index (χ3n) is 4.22. The van der Waals surface area contributed by atoms with E-state index in [9.17, 15) is 0 Å². The van der Waals surface area contributed by atoms with Crippen molar-refractivity contribution in [1.29, 1.82) is 0 Å². The summed E-state index contributed by atoms with van der Waals surface area (Å²) in [5, 5.41) is 3.60. The second-order valence-electron chi connectivity index (χ2n) is 6.30. The number of benzene rings is 1. The van der Waals surface area contributed by atoms with Gasteiger partial charge in [-0.25, -0.2) is 0 Å². The van der Waals surface area contributed by atoms with Crippen molar-refractivity contribution in [3.05, 3.63) is 29.8 Å². The first-order valence-corrected chi connectivity index (χ1v) is 7.49. The molecule has 100 valence electrons. The SMILES string of the molecule is CC1CCCC(CNc2ccc(C(C)C)cc2)C1. The zero-order valence-corrected chi connectivity index (χ0v) is 12.1. The highest BCUT2D eigenvalue weighted by Crippen LogP contribution is 2.28. The summed E-state index contributed by atoms with van der Waals surface area (Å²) in [6, 6.07) is 8.94. The summed E-state index contributed by atoms with van der Waals surface area (Å²) in [6.07, 6.45) is 5.65. The standard InChI is InChI=1S/C17H27N/c1-13(2)16-7-9-17(10-8-16)18-12-15-6-4-5-14(3)11-15/h7-10,13-15,18H,4-6,11-12H2,1-3H3. The lowest BCUT2D eigenvalue weighted by Gasteiger charge is -2.27. The Morgan fingerprint density at radius 3 is 2.50 bits per heavy atom. The highest BCUT2D eigenvalue weighted by atomic mass is 14.9. The summed E-state index contributed by atoms with van der Waals surface area (Å²) in [5.41, 5.74) is 2.70. The summed E-state index contributed by atoms with van der Waals surface area (Å²) in [6.45, 7) is 8.02. The molecule has 1 aromatic rings. The summed E-state index contributed by atoms with van der Waals surface area (Å²) < 4.78 is 0. The molecule has 2 atom stereocenters. The van der Waals surface area contributed by atoms with Gasteiger partial charge in [0.15, 0.2) is 0 Å². The normalized spacial score (nSPS) is 24.2. The maximum Gasteiger partial charge on any atom is 0.0340 e. The monoisotopic (exact) mass is 245 g/mol. The van der Waals surface area contributed by atoms with E-state index in [4.69, 9.17) is 0 Å².